The van der Waals surface area contributed by atoms with Gasteiger partial charge in [0, 0.05) is 4.70 Å². The fraction of sp³-hybridized carbons (Fsp3) is 0.0625. The van der Waals surface area contributed by atoms with Gasteiger partial charge < -0.3 is 0 Å². The maximum Gasteiger partial charge on any atom is 0.208 e. The van der Waals surface area contributed by atoms with E-state index in [2.05, 4.69) is 0 Å². The second-order valence-electron chi connectivity index (χ2n) is 4.68. The minimum Gasteiger partial charge on any atom is -0.287 e. The van der Waals surface area contributed by atoms with Gasteiger partial charge in [-0.2, -0.15) is 0 Å². The number of hydrogen-bond donors (Lipinski definition) is 0. The van der Waals surface area contributed by atoms with Gasteiger partial charge in [0.1, 0.15) is 17.5 Å². The number of benzene rings is 2. The molecule has 5 heteroatoms. The first-order valence-electron chi connectivity index (χ1n) is 6.16. The van der Waals surface area contributed by atoms with E-state index >= 15 is 0 Å². The number of thiophene rings is 1. The number of carbonyl (C=O) groups is 1. The quantitative estimate of drug-likeness (QED) is 0.618. The predicted octanol–water partition coefficient (Wildman–Crippen LogP) is 4.86. The SMILES string of the molecule is Cc1ccc(F)c(C(=O)c2cc3ccc(F)cc3s2)c1F. The van der Waals surface area contributed by atoms with Crippen LogP contribution in [0.2, 0.25) is 0 Å². The summed E-state index contributed by atoms with van der Waals surface area (Å²) in [7, 11) is 0. The van der Waals surface area contributed by atoms with Crippen LogP contribution in [0.15, 0.2) is 36.4 Å². The second kappa shape index (κ2) is 5.00. The Morgan fingerprint density at radius 1 is 1.05 bits per heavy atom. The van der Waals surface area contributed by atoms with Crippen molar-refractivity contribution in [2.45, 2.75) is 6.92 Å². The fourth-order valence-electron chi connectivity index (χ4n) is 2.10. The Kier molecular flexibility index (Phi) is 3.29. The molecule has 0 radical (unpaired) electrons. The van der Waals surface area contributed by atoms with E-state index in [1.54, 1.807) is 0 Å². The van der Waals surface area contributed by atoms with E-state index in [1.165, 1.54) is 37.3 Å². The highest BCUT2D eigenvalue weighted by atomic mass is 32.1. The van der Waals surface area contributed by atoms with E-state index < -0.39 is 28.8 Å². The fourth-order valence-corrected chi connectivity index (χ4v) is 3.14. The van der Waals surface area contributed by atoms with E-state index in [9.17, 15) is 18.0 Å². The Hall–Kier alpha value is -2.14. The van der Waals surface area contributed by atoms with Crippen LogP contribution in [-0.2, 0) is 0 Å². The van der Waals surface area contributed by atoms with Crippen molar-refractivity contribution >= 4 is 27.2 Å². The zero-order chi connectivity index (χ0) is 15.1. The summed E-state index contributed by atoms with van der Waals surface area (Å²) in [6, 6.07) is 7.96. The molecule has 106 valence electrons. The van der Waals surface area contributed by atoms with Crippen molar-refractivity contribution in [1.82, 2.24) is 0 Å². The van der Waals surface area contributed by atoms with Crippen LogP contribution < -0.4 is 0 Å². The lowest BCUT2D eigenvalue weighted by Crippen LogP contribution is -2.07. The Balaban J connectivity index is 2.15. The van der Waals surface area contributed by atoms with Crippen molar-refractivity contribution < 1.29 is 18.0 Å². The zero-order valence-electron chi connectivity index (χ0n) is 10.9. The molecule has 1 aromatic heterocycles. The van der Waals surface area contributed by atoms with E-state index in [-0.39, 0.29) is 10.4 Å². The first-order valence-corrected chi connectivity index (χ1v) is 6.97. The molecule has 0 spiro atoms. The normalized spacial score (nSPS) is 11.0. The molecule has 0 aliphatic rings. The number of hydrogen-bond acceptors (Lipinski definition) is 2. The summed E-state index contributed by atoms with van der Waals surface area (Å²) in [5, 5.41) is 0.665. The summed E-state index contributed by atoms with van der Waals surface area (Å²) >= 11 is 1.01. The number of halogens is 3. The average molecular weight is 306 g/mol. The van der Waals surface area contributed by atoms with Crippen molar-refractivity contribution in [2.24, 2.45) is 0 Å². The van der Waals surface area contributed by atoms with Gasteiger partial charge >= 0.3 is 0 Å². The molecule has 0 bridgehead atoms. The summed E-state index contributed by atoms with van der Waals surface area (Å²) in [6.07, 6.45) is 0. The van der Waals surface area contributed by atoms with Crippen molar-refractivity contribution in [1.29, 1.82) is 0 Å². The molecule has 0 unspecified atom stereocenters. The third-order valence-electron chi connectivity index (χ3n) is 3.22. The van der Waals surface area contributed by atoms with Crippen molar-refractivity contribution in [3.63, 3.8) is 0 Å². The van der Waals surface area contributed by atoms with Gasteiger partial charge in [0.25, 0.3) is 0 Å². The molecule has 0 fully saturated rings. The van der Waals surface area contributed by atoms with Gasteiger partial charge in [0.05, 0.1) is 10.4 Å². The monoisotopic (exact) mass is 306 g/mol. The lowest BCUT2D eigenvalue weighted by Gasteiger charge is -2.04. The van der Waals surface area contributed by atoms with Crippen LogP contribution in [0.1, 0.15) is 20.8 Å². The van der Waals surface area contributed by atoms with Crippen LogP contribution in [0.4, 0.5) is 13.2 Å². The van der Waals surface area contributed by atoms with Crippen LogP contribution >= 0.6 is 11.3 Å². The van der Waals surface area contributed by atoms with Crippen LogP contribution in [0.25, 0.3) is 10.1 Å². The van der Waals surface area contributed by atoms with Gasteiger partial charge in [-0.1, -0.05) is 12.1 Å². The zero-order valence-corrected chi connectivity index (χ0v) is 11.7. The standard InChI is InChI=1S/C16H9F3OS/c1-8-2-5-11(18)14(15(8)19)16(20)13-6-9-3-4-10(17)7-12(9)21-13/h2-7H,1H3. The molecule has 0 aliphatic carbocycles. The smallest absolute Gasteiger partial charge is 0.208 e. The molecule has 3 rings (SSSR count). The van der Waals surface area contributed by atoms with Crippen LogP contribution in [0, 0.1) is 24.4 Å². The molecule has 0 saturated heterocycles. The molecule has 0 amide bonds. The van der Waals surface area contributed by atoms with E-state index in [0.29, 0.717) is 10.1 Å². The number of aryl methyl sites for hydroxylation is 1. The largest absolute Gasteiger partial charge is 0.287 e. The molecule has 0 atom stereocenters. The molecule has 21 heavy (non-hydrogen) atoms. The lowest BCUT2D eigenvalue weighted by atomic mass is 10.0. The van der Waals surface area contributed by atoms with Gasteiger partial charge in [-0.25, -0.2) is 13.2 Å². The van der Waals surface area contributed by atoms with Crippen LogP contribution in [-0.4, -0.2) is 5.78 Å². The van der Waals surface area contributed by atoms with Gasteiger partial charge in [-0.3, -0.25) is 4.79 Å². The van der Waals surface area contributed by atoms with E-state index in [1.807, 2.05) is 0 Å². The highest BCUT2D eigenvalue weighted by Gasteiger charge is 2.22. The molecule has 3 aromatic rings. The molecule has 0 saturated carbocycles. The third-order valence-corrected chi connectivity index (χ3v) is 4.31. The van der Waals surface area contributed by atoms with Gasteiger partial charge in [0.15, 0.2) is 0 Å². The first-order chi connectivity index (χ1) is 9.97. The minimum absolute atomic E-state index is 0.180. The molecule has 2 aromatic carbocycles. The molecule has 1 nitrogen and oxygen atoms in total. The molecular weight excluding hydrogens is 297 g/mol. The number of carbonyl (C=O) groups excluding carboxylic acids is 1. The maximum atomic E-state index is 14.0. The van der Waals surface area contributed by atoms with Gasteiger partial charge in [0.2, 0.25) is 5.78 Å². The Morgan fingerprint density at radius 2 is 1.81 bits per heavy atom. The Labute approximate surface area is 122 Å². The van der Waals surface area contributed by atoms with Crippen molar-refractivity contribution in [2.75, 3.05) is 0 Å². The minimum atomic E-state index is -0.897. The first kappa shape index (κ1) is 13.8. The number of fused-ring (bicyclic) bond motifs is 1. The maximum absolute atomic E-state index is 14.0. The van der Waals surface area contributed by atoms with E-state index in [0.717, 1.165) is 17.4 Å². The summed E-state index contributed by atoms with van der Waals surface area (Å²) in [5.74, 6) is -2.90. The topological polar surface area (TPSA) is 17.1 Å². The van der Waals surface area contributed by atoms with Gasteiger partial charge in [-0.15, -0.1) is 11.3 Å². The second-order valence-corrected chi connectivity index (χ2v) is 5.76. The third kappa shape index (κ3) is 2.34. The molecular formula is C16H9F3OS. The number of rotatable bonds is 2. The lowest BCUT2D eigenvalue weighted by molar-refractivity contribution is 0.103. The van der Waals surface area contributed by atoms with Crippen molar-refractivity contribution in [3.05, 3.63) is 69.9 Å². The van der Waals surface area contributed by atoms with Gasteiger partial charge in [-0.05, 0) is 42.1 Å². The summed E-state index contributed by atoms with van der Waals surface area (Å²) in [6.45, 7) is 1.46. The summed E-state index contributed by atoms with van der Waals surface area (Å²) < 4.78 is 41.5. The highest BCUT2D eigenvalue weighted by molar-refractivity contribution is 7.21. The molecule has 1 heterocycles. The van der Waals surface area contributed by atoms with Crippen molar-refractivity contribution in [3.8, 4) is 0 Å². The molecule has 0 N–H and O–H groups in total. The van der Waals surface area contributed by atoms with Crippen LogP contribution in [0.5, 0.6) is 0 Å². The summed E-state index contributed by atoms with van der Waals surface area (Å²) in [5.41, 5.74) is -0.367. The highest BCUT2D eigenvalue weighted by Crippen LogP contribution is 2.29. The number of ketones is 1. The average Bonchev–Trinajstić information content (AvgIpc) is 2.86. The Bertz CT molecular complexity index is 867. The Morgan fingerprint density at radius 3 is 2.57 bits per heavy atom. The van der Waals surface area contributed by atoms with E-state index in [4.69, 9.17) is 0 Å². The predicted molar refractivity (Wildman–Crippen MR) is 76.3 cm³/mol. The summed E-state index contributed by atoms with van der Waals surface area (Å²) in [4.78, 5) is 12.5. The van der Waals surface area contributed by atoms with Crippen LogP contribution in [0.3, 0.4) is 0 Å². The molecule has 0 aliphatic heterocycles.